The first kappa shape index (κ1) is 13.1. The molecule has 1 aromatic heterocycles. The van der Waals surface area contributed by atoms with Crippen molar-refractivity contribution in [3.05, 3.63) is 41.8 Å². The second-order valence-electron chi connectivity index (χ2n) is 4.25. The van der Waals surface area contributed by atoms with Gasteiger partial charge in [0.2, 0.25) is 0 Å². The summed E-state index contributed by atoms with van der Waals surface area (Å²) >= 11 is 0. The Morgan fingerprint density at radius 3 is 2.84 bits per heavy atom. The van der Waals surface area contributed by atoms with E-state index in [0.29, 0.717) is 11.7 Å². The molecule has 0 bridgehead atoms. The molecule has 0 saturated heterocycles. The maximum atomic E-state index is 10.7. The average Bonchev–Trinajstić information content (AvgIpc) is 2.87. The Hall–Kier alpha value is -2.30. The van der Waals surface area contributed by atoms with E-state index in [2.05, 4.69) is 18.8 Å². The smallest absolute Gasteiger partial charge is 0.399 e. The highest BCUT2D eigenvalue weighted by atomic mass is 16.6. The van der Waals surface area contributed by atoms with E-state index in [0.717, 1.165) is 18.2 Å². The van der Waals surface area contributed by atoms with Crippen LogP contribution in [0.25, 0.3) is 0 Å². The van der Waals surface area contributed by atoms with Gasteiger partial charge in [0, 0.05) is 0 Å². The number of aromatic carboxylic acids is 1. The molecule has 0 aliphatic carbocycles. The molecule has 0 aliphatic rings. The first-order valence-corrected chi connectivity index (χ1v) is 6.07. The monoisotopic (exact) mass is 261 g/mol. The fraction of sp³-hybridized carbons (Fsp3) is 0.286. The number of ether oxygens (including phenoxy) is 1. The van der Waals surface area contributed by atoms with Crippen molar-refractivity contribution in [2.24, 2.45) is 0 Å². The summed E-state index contributed by atoms with van der Waals surface area (Å²) in [5, 5.41) is 8.77. The summed E-state index contributed by atoms with van der Waals surface area (Å²) in [5.41, 5.74) is 0.871. The van der Waals surface area contributed by atoms with E-state index in [9.17, 15) is 4.79 Å². The minimum Gasteiger partial charge on any atom is -0.476 e. The summed E-state index contributed by atoms with van der Waals surface area (Å²) in [6, 6.07) is 7.57. The number of nitrogens with zero attached hydrogens (tertiary/aromatic N) is 1. The summed E-state index contributed by atoms with van der Waals surface area (Å²) in [5.74, 6) is -0.172. The fourth-order valence-electron chi connectivity index (χ4n) is 1.70. The van der Waals surface area contributed by atoms with Gasteiger partial charge in [-0.15, -0.1) is 0 Å². The Labute approximate surface area is 110 Å². The van der Waals surface area contributed by atoms with E-state index >= 15 is 0 Å². The fourth-order valence-corrected chi connectivity index (χ4v) is 1.70. The van der Waals surface area contributed by atoms with Crippen molar-refractivity contribution in [1.82, 2.24) is 4.98 Å². The molecular weight excluding hydrogens is 246 g/mol. The van der Waals surface area contributed by atoms with Gasteiger partial charge in [-0.1, -0.05) is 32.0 Å². The van der Waals surface area contributed by atoms with Gasteiger partial charge < -0.3 is 14.3 Å². The van der Waals surface area contributed by atoms with E-state index in [1.165, 1.54) is 0 Å². The highest BCUT2D eigenvalue weighted by molar-refractivity contribution is 5.84. The first-order chi connectivity index (χ1) is 9.11. The van der Waals surface area contributed by atoms with E-state index in [1.54, 1.807) is 0 Å². The number of aromatic nitrogens is 1. The first-order valence-electron chi connectivity index (χ1n) is 6.07. The van der Waals surface area contributed by atoms with Crippen LogP contribution in [0.3, 0.4) is 0 Å². The molecule has 0 aliphatic heterocycles. The third kappa shape index (κ3) is 2.93. The van der Waals surface area contributed by atoms with Crippen molar-refractivity contribution in [3.8, 4) is 11.8 Å². The number of hydrogen-bond donors (Lipinski definition) is 1. The van der Waals surface area contributed by atoms with Gasteiger partial charge in [-0.3, -0.25) is 0 Å². The maximum absolute atomic E-state index is 10.7. The molecule has 1 unspecified atom stereocenters. The number of oxazole rings is 1. The summed E-state index contributed by atoms with van der Waals surface area (Å²) in [4.78, 5) is 14.5. The van der Waals surface area contributed by atoms with E-state index in [-0.39, 0.29) is 11.8 Å². The zero-order chi connectivity index (χ0) is 13.8. The van der Waals surface area contributed by atoms with E-state index < -0.39 is 5.97 Å². The normalized spacial score (nSPS) is 12.1. The number of carbonyl (C=O) groups is 1. The van der Waals surface area contributed by atoms with Crippen molar-refractivity contribution < 1.29 is 19.1 Å². The highest BCUT2D eigenvalue weighted by Crippen LogP contribution is 2.31. The summed E-state index contributed by atoms with van der Waals surface area (Å²) < 4.78 is 10.5. The largest absolute Gasteiger partial charge is 0.476 e. The summed E-state index contributed by atoms with van der Waals surface area (Å²) in [6.45, 7) is 4.19. The zero-order valence-corrected chi connectivity index (χ0v) is 10.8. The van der Waals surface area contributed by atoms with Crippen molar-refractivity contribution in [3.63, 3.8) is 0 Å². The molecule has 1 aromatic carbocycles. The molecule has 0 saturated carbocycles. The maximum Gasteiger partial charge on any atom is 0.399 e. The minimum absolute atomic E-state index is 0.0619. The van der Waals surface area contributed by atoms with Crippen LogP contribution in [-0.4, -0.2) is 16.1 Å². The second kappa shape index (κ2) is 5.56. The molecule has 2 aromatic rings. The second-order valence-corrected chi connectivity index (χ2v) is 4.25. The number of hydrogen-bond acceptors (Lipinski definition) is 4. The van der Waals surface area contributed by atoms with Crippen molar-refractivity contribution in [2.45, 2.75) is 26.2 Å². The van der Waals surface area contributed by atoms with Crippen molar-refractivity contribution >= 4 is 5.97 Å². The lowest BCUT2D eigenvalue weighted by Crippen LogP contribution is -1.98. The molecule has 0 radical (unpaired) electrons. The van der Waals surface area contributed by atoms with Crippen LogP contribution < -0.4 is 4.74 Å². The zero-order valence-electron chi connectivity index (χ0n) is 10.8. The van der Waals surface area contributed by atoms with Gasteiger partial charge in [0.1, 0.15) is 12.0 Å². The van der Waals surface area contributed by atoms with Gasteiger partial charge in [-0.2, -0.15) is 4.98 Å². The molecule has 19 heavy (non-hydrogen) atoms. The molecule has 1 atom stereocenters. The lowest BCUT2D eigenvalue weighted by Gasteiger charge is -2.13. The van der Waals surface area contributed by atoms with Gasteiger partial charge in [0.15, 0.2) is 5.69 Å². The molecular formula is C14H15NO4. The number of para-hydroxylation sites is 1. The molecule has 5 heteroatoms. The number of carboxylic acid groups (broad SMARTS) is 1. The Balaban J connectivity index is 2.25. The topological polar surface area (TPSA) is 72.6 Å². The highest BCUT2D eigenvalue weighted by Gasteiger charge is 2.15. The van der Waals surface area contributed by atoms with E-state index in [4.69, 9.17) is 14.3 Å². The molecule has 5 nitrogen and oxygen atoms in total. The SMILES string of the molecule is CCC(C)c1ccccc1Oc1nc(C(=O)O)co1. The molecule has 1 N–H and O–H groups in total. The molecule has 1 heterocycles. The summed E-state index contributed by atoms with van der Waals surface area (Å²) in [6.07, 6.45) is 1.98. The van der Waals surface area contributed by atoms with Crippen LogP contribution in [0.1, 0.15) is 42.2 Å². The van der Waals surface area contributed by atoms with Crippen molar-refractivity contribution in [2.75, 3.05) is 0 Å². The van der Waals surface area contributed by atoms with Crippen LogP contribution in [0.5, 0.6) is 11.8 Å². The predicted molar refractivity (Wildman–Crippen MR) is 68.7 cm³/mol. The van der Waals surface area contributed by atoms with E-state index in [1.807, 2.05) is 24.3 Å². The number of benzene rings is 1. The Morgan fingerprint density at radius 2 is 2.21 bits per heavy atom. The standard InChI is InChI=1S/C14H15NO4/c1-3-9(2)10-6-4-5-7-12(10)19-14-15-11(8-18-14)13(16)17/h4-9H,3H2,1-2H3,(H,16,17). The molecule has 100 valence electrons. The van der Waals surface area contributed by atoms with Crippen molar-refractivity contribution in [1.29, 1.82) is 0 Å². The minimum atomic E-state index is -1.14. The van der Waals surface area contributed by atoms with Crippen LogP contribution in [0.2, 0.25) is 0 Å². The lowest BCUT2D eigenvalue weighted by molar-refractivity contribution is 0.0690. The van der Waals surface area contributed by atoms with Crippen LogP contribution in [0.4, 0.5) is 0 Å². The predicted octanol–water partition coefficient (Wildman–Crippen LogP) is 3.68. The van der Waals surface area contributed by atoms with Gasteiger partial charge in [-0.05, 0) is 24.0 Å². The van der Waals surface area contributed by atoms with Crippen LogP contribution in [0, 0.1) is 0 Å². The van der Waals surface area contributed by atoms with Crippen LogP contribution >= 0.6 is 0 Å². The third-order valence-electron chi connectivity index (χ3n) is 2.96. The molecule has 0 fully saturated rings. The third-order valence-corrected chi connectivity index (χ3v) is 2.96. The quantitative estimate of drug-likeness (QED) is 0.888. The Kier molecular flexibility index (Phi) is 3.85. The Morgan fingerprint density at radius 1 is 1.47 bits per heavy atom. The van der Waals surface area contributed by atoms with Crippen LogP contribution in [0.15, 0.2) is 34.9 Å². The van der Waals surface area contributed by atoms with Gasteiger partial charge in [-0.25, -0.2) is 4.79 Å². The van der Waals surface area contributed by atoms with Gasteiger partial charge >= 0.3 is 12.0 Å². The van der Waals surface area contributed by atoms with Gasteiger partial charge in [0.05, 0.1) is 0 Å². The Bertz CT molecular complexity index is 576. The lowest BCUT2D eigenvalue weighted by atomic mass is 9.98. The average molecular weight is 261 g/mol. The number of rotatable bonds is 5. The molecule has 0 amide bonds. The van der Waals surface area contributed by atoms with Crippen LogP contribution in [-0.2, 0) is 0 Å². The number of carboxylic acids is 1. The molecule has 2 rings (SSSR count). The molecule has 0 spiro atoms. The summed E-state index contributed by atoms with van der Waals surface area (Å²) in [7, 11) is 0. The van der Waals surface area contributed by atoms with Gasteiger partial charge in [0.25, 0.3) is 0 Å².